The molecule has 8 N–H and O–H groups in total. The highest BCUT2D eigenvalue weighted by atomic mass is 32.2. The van der Waals surface area contributed by atoms with Gasteiger partial charge >= 0.3 is 5.97 Å². The number of carboxylic acid groups (broad SMARTS) is 1. The average molecular weight is 475 g/mol. The van der Waals surface area contributed by atoms with Crippen LogP contribution in [-0.2, 0) is 19.2 Å². The molecule has 0 saturated heterocycles. The van der Waals surface area contributed by atoms with Crippen molar-refractivity contribution >= 4 is 47.2 Å². The summed E-state index contributed by atoms with van der Waals surface area (Å²) in [4.78, 5) is 42.0. The Balaban J connectivity index is -0.000000185. The first kappa shape index (κ1) is 35.9. The minimum atomic E-state index is -0.745. The van der Waals surface area contributed by atoms with Crippen molar-refractivity contribution in [1.29, 1.82) is 0 Å². The average Bonchev–Trinajstić information content (AvgIpc) is 2.74. The summed E-state index contributed by atoms with van der Waals surface area (Å²) in [7, 11) is 0. The number of rotatable bonds is 11. The molecular formula is C17H38N4O7S2. The number of thioether (sulfide) groups is 2. The Morgan fingerprint density at radius 1 is 0.900 bits per heavy atom. The molecule has 0 fully saturated rings. The summed E-state index contributed by atoms with van der Waals surface area (Å²) >= 11 is 3.20. The molecule has 0 aliphatic rings. The van der Waals surface area contributed by atoms with Gasteiger partial charge in [-0.15, -0.1) is 0 Å². The van der Waals surface area contributed by atoms with E-state index in [1.54, 1.807) is 42.9 Å². The van der Waals surface area contributed by atoms with Crippen LogP contribution in [0.2, 0.25) is 0 Å². The molecule has 30 heavy (non-hydrogen) atoms. The highest BCUT2D eigenvalue weighted by Crippen LogP contribution is 2.01. The predicted molar refractivity (Wildman–Crippen MR) is 121 cm³/mol. The van der Waals surface area contributed by atoms with Gasteiger partial charge in [0.05, 0.1) is 6.04 Å². The summed E-state index contributed by atoms with van der Waals surface area (Å²) in [5, 5.41) is 26.8. The number of nitrogens with two attached hydrogens (primary N) is 1. The molecule has 0 saturated carbocycles. The summed E-state index contributed by atoms with van der Waals surface area (Å²) in [6.07, 6.45) is 5.50. The third kappa shape index (κ3) is 24.5. The molecule has 3 amide bonds. The van der Waals surface area contributed by atoms with Crippen LogP contribution in [0.1, 0.15) is 47.0 Å². The van der Waals surface area contributed by atoms with Gasteiger partial charge in [0.25, 0.3) is 11.8 Å². The number of carboxylic acids is 1. The summed E-state index contributed by atoms with van der Waals surface area (Å²) in [6.45, 7) is 3.31. The fourth-order valence-corrected chi connectivity index (χ4v) is 2.30. The normalized spacial score (nSPS) is 11.0. The third-order valence-corrected chi connectivity index (χ3v) is 4.36. The highest BCUT2D eigenvalue weighted by molar-refractivity contribution is 7.98. The van der Waals surface area contributed by atoms with Crippen LogP contribution in [0.3, 0.4) is 0 Å². The van der Waals surface area contributed by atoms with E-state index in [1.807, 2.05) is 12.5 Å². The number of amides is 3. The number of nitrogens with one attached hydrogen (secondary N) is 3. The van der Waals surface area contributed by atoms with Gasteiger partial charge in [0.15, 0.2) is 0 Å². The van der Waals surface area contributed by atoms with Crippen molar-refractivity contribution in [2.45, 2.75) is 59.0 Å². The van der Waals surface area contributed by atoms with Gasteiger partial charge in [0, 0.05) is 12.8 Å². The van der Waals surface area contributed by atoms with Gasteiger partial charge in [-0.2, -0.15) is 23.5 Å². The van der Waals surface area contributed by atoms with Gasteiger partial charge in [-0.3, -0.25) is 29.6 Å². The molecule has 0 aromatic rings. The molecule has 0 heterocycles. The molecule has 0 aromatic heterocycles. The molecule has 0 aliphatic carbocycles. The molecule has 0 rings (SSSR count). The molecule has 13 heteroatoms. The Labute approximate surface area is 187 Å². The Hall–Kier alpha value is -1.54. The number of hydrogen-bond acceptors (Lipinski definition) is 9. The Kier molecular flexibility index (Phi) is 30.5. The molecule has 2 atom stereocenters. The first-order valence-electron chi connectivity index (χ1n) is 8.77. The van der Waals surface area contributed by atoms with Crippen molar-refractivity contribution in [2.75, 3.05) is 24.0 Å². The summed E-state index contributed by atoms with van der Waals surface area (Å²) in [5.41, 5.74) is 8.37. The summed E-state index contributed by atoms with van der Waals surface area (Å²) in [5.74, 6) is -0.448. The molecule has 0 aliphatic heterocycles. The Morgan fingerprint density at radius 3 is 1.67 bits per heavy atom. The zero-order valence-corrected chi connectivity index (χ0v) is 18.9. The van der Waals surface area contributed by atoms with Crippen molar-refractivity contribution < 1.29 is 34.7 Å². The lowest BCUT2D eigenvalue weighted by atomic mass is 10.2. The zero-order chi connectivity index (χ0) is 23.2. The van der Waals surface area contributed by atoms with E-state index < -0.39 is 29.9 Å². The molecule has 180 valence electrons. The lowest BCUT2D eigenvalue weighted by Gasteiger charge is -2.15. The van der Waals surface area contributed by atoms with E-state index in [-0.39, 0.29) is 19.8 Å². The first-order valence-corrected chi connectivity index (χ1v) is 11.6. The molecule has 1 unspecified atom stereocenters. The van der Waals surface area contributed by atoms with Crippen molar-refractivity contribution in [3.05, 3.63) is 0 Å². The van der Waals surface area contributed by atoms with Crippen LogP contribution in [0.5, 0.6) is 0 Å². The molecule has 0 bridgehead atoms. The predicted octanol–water partition coefficient (Wildman–Crippen LogP) is 0.829. The van der Waals surface area contributed by atoms with Crippen molar-refractivity contribution in [1.82, 2.24) is 16.3 Å². The zero-order valence-electron chi connectivity index (χ0n) is 17.3. The second-order valence-corrected chi connectivity index (χ2v) is 7.31. The van der Waals surface area contributed by atoms with Gasteiger partial charge < -0.3 is 16.2 Å². The monoisotopic (exact) mass is 474 g/mol. The van der Waals surface area contributed by atoms with Gasteiger partial charge in [-0.05, 0) is 36.9 Å². The van der Waals surface area contributed by atoms with Gasteiger partial charge in [-0.1, -0.05) is 21.3 Å². The SMILES string of the molecule is C.CCC(=O)N[C@@H](CCSC)C(=O)NO.CCC(=O)O.CSCCC(N)C(=O)NO. The van der Waals surface area contributed by atoms with Crippen molar-refractivity contribution in [3.8, 4) is 0 Å². The number of hydroxylamine groups is 2. The van der Waals surface area contributed by atoms with E-state index in [0.29, 0.717) is 19.3 Å². The van der Waals surface area contributed by atoms with Crippen LogP contribution in [0, 0.1) is 0 Å². The van der Waals surface area contributed by atoms with E-state index in [2.05, 4.69) is 5.32 Å². The van der Waals surface area contributed by atoms with E-state index in [4.69, 9.17) is 21.3 Å². The van der Waals surface area contributed by atoms with E-state index in [1.165, 1.54) is 5.48 Å². The van der Waals surface area contributed by atoms with Gasteiger partial charge in [0.1, 0.15) is 6.04 Å². The van der Waals surface area contributed by atoms with Crippen LogP contribution < -0.4 is 22.0 Å². The molecule has 0 aromatic carbocycles. The second-order valence-electron chi connectivity index (χ2n) is 5.34. The lowest BCUT2D eigenvalue weighted by Crippen LogP contribution is -2.46. The fraction of sp³-hybridized carbons (Fsp3) is 0.765. The minimum absolute atomic E-state index is 0. The Bertz CT molecular complexity index is 471. The van der Waals surface area contributed by atoms with Gasteiger partial charge in [0.2, 0.25) is 5.91 Å². The van der Waals surface area contributed by atoms with Crippen LogP contribution in [0.4, 0.5) is 0 Å². The number of carbonyl (C=O) groups excluding carboxylic acids is 3. The maximum absolute atomic E-state index is 11.1. The second kappa shape index (κ2) is 25.5. The number of carbonyl (C=O) groups is 4. The van der Waals surface area contributed by atoms with Crippen LogP contribution >= 0.6 is 23.5 Å². The van der Waals surface area contributed by atoms with E-state index >= 15 is 0 Å². The fourth-order valence-electron chi connectivity index (χ4n) is 1.34. The van der Waals surface area contributed by atoms with Gasteiger partial charge in [-0.25, -0.2) is 11.0 Å². The largest absolute Gasteiger partial charge is 0.481 e. The quantitative estimate of drug-likeness (QED) is 0.167. The molecule has 0 radical (unpaired) electrons. The number of hydrogen-bond donors (Lipinski definition) is 7. The van der Waals surface area contributed by atoms with Crippen molar-refractivity contribution in [3.63, 3.8) is 0 Å². The molecular weight excluding hydrogens is 436 g/mol. The standard InChI is InChI=1S/C8H16N2O3S.C5H12N2O2S.C3H6O2.CH4/c1-3-7(11)9-6(4-5-14-2)8(12)10-13;1-10-3-2-4(6)5(8)7-9;1-2-3(4)5;/h6,13H,3-5H2,1-2H3,(H,9,11)(H,10,12);4,9H,2-3,6H2,1H3,(H,7,8);2H2,1H3,(H,4,5);1H4/t6-;;;/m0.../s1. The maximum atomic E-state index is 11.1. The van der Waals surface area contributed by atoms with Crippen LogP contribution in [0.25, 0.3) is 0 Å². The topological polar surface area (TPSA) is 191 Å². The van der Waals surface area contributed by atoms with Crippen LogP contribution in [0.15, 0.2) is 0 Å². The minimum Gasteiger partial charge on any atom is -0.481 e. The maximum Gasteiger partial charge on any atom is 0.303 e. The first-order chi connectivity index (χ1) is 13.6. The van der Waals surface area contributed by atoms with E-state index in [0.717, 1.165) is 11.5 Å². The van der Waals surface area contributed by atoms with E-state index in [9.17, 15) is 19.2 Å². The summed E-state index contributed by atoms with van der Waals surface area (Å²) < 4.78 is 0. The van der Waals surface area contributed by atoms with Crippen LogP contribution in [-0.4, -0.2) is 75.3 Å². The number of aliphatic carboxylic acids is 1. The smallest absolute Gasteiger partial charge is 0.303 e. The molecule has 11 nitrogen and oxygen atoms in total. The molecule has 0 spiro atoms. The summed E-state index contributed by atoms with van der Waals surface area (Å²) in [6, 6.07) is -1.22. The highest BCUT2D eigenvalue weighted by Gasteiger charge is 2.18. The third-order valence-electron chi connectivity index (χ3n) is 3.08. The Morgan fingerprint density at radius 2 is 1.33 bits per heavy atom. The lowest BCUT2D eigenvalue weighted by molar-refractivity contribution is -0.136. The van der Waals surface area contributed by atoms with Crippen molar-refractivity contribution in [2.24, 2.45) is 5.73 Å².